The number of anilines is 1. The molecule has 0 spiro atoms. The van der Waals surface area contributed by atoms with E-state index in [2.05, 4.69) is 5.32 Å². The van der Waals surface area contributed by atoms with Crippen LogP contribution < -0.4 is 10.2 Å². The minimum absolute atomic E-state index is 0.116. The van der Waals surface area contributed by atoms with Gasteiger partial charge < -0.3 is 10.2 Å². The minimum Gasteiger partial charge on any atom is -0.352 e. The average molecular weight is 379 g/mol. The van der Waals surface area contributed by atoms with Gasteiger partial charge in [0.25, 0.3) is 0 Å². The molecular weight excluding hydrogens is 359 g/mol. The van der Waals surface area contributed by atoms with Crippen molar-refractivity contribution in [2.24, 2.45) is 0 Å². The molecule has 2 rings (SSSR count). The lowest BCUT2D eigenvalue weighted by Gasteiger charge is -2.21. The highest BCUT2D eigenvalue weighted by molar-refractivity contribution is 6.42. The summed E-state index contributed by atoms with van der Waals surface area (Å²) in [7, 11) is 0. The maximum atomic E-state index is 12.1. The van der Waals surface area contributed by atoms with E-state index in [4.69, 9.17) is 23.2 Å². The summed E-state index contributed by atoms with van der Waals surface area (Å²) in [5.74, 6) is -0.278. The van der Waals surface area contributed by atoms with Gasteiger partial charge in [-0.05, 0) is 36.2 Å². The first kappa shape index (κ1) is 19.3. The Kier molecular flexibility index (Phi) is 6.85. The summed E-state index contributed by atoms with van der Waals surface area (Å²) in [6.07, 6.45) is 0.200. The molecule has 0 unspecified atom stereocenters. The van der Waals surface area contributed by atoms with E-state index < -0.39 is 0 Å². The van der Waals surface area contributed by atoms with E-state index in [1.807, 2.05) is 31.2 Å². The maximum Gasteiger partial charge on any atom is 0.223 e. The Morgan fingerprint density at radius 2 is 1.80 bits per heavy atom. The fourth-order valence-electron chi connectivity index (χ4n) is 2.43. The number of carbonyl (C=O) groups excluding carboxylic acids is 2. The summed E-state index contributed by atoms with van der Waals surface area (Å²) in [6.45, 7) is 4.20. The number of nitrogens with zero attached hydrogens (tertiary/aromatic N) is 1. The van der Waals surface area contributed by atoms with Gasteiger partial charge in [0.05, 0.1) is 10.0 Å². The summed E-state index contributed by atoms with van der Waals surface area (Å²) in [6, 6.07) is 12.8. The summed E-state index contributed by atoms with van der Waals surface area (Å²) in [4.78, 5) is 25.5. The van der Waals surface area contributed by atoms with Crippen LogP contribution in [-0.4, -0.2) is 18.4 Å². The number of amides is 2. The largest absolute Gasteiger partial charge is 0.352 e. The van der Waals surface area contributed by atoms with Gasteiger partial charge in [-0.15, -0.1) is 0 Å². The molecule has 6 heteroatoms. The lowest BCUT2D eigenvalue weighted by Crippen LogP contribution is -2.33. The molecule has 0 heterocycles. The van der Waals surface area contributed by atoms with Crippen molar-refractivity contribution in [3.05, 3.63) is 63.6 Å². The second-order valence-corrected chi connectivity index (χ2v) is 6.54. The first-order valence-electron chi connectivity index (χ1n) is 7.93. The second-order valence-electron chi connectivity index (χ2n) is 5.72. The van der Waals surface area contributed by atoms with Crippen molar-refractivity contribution < 1.29 is 9.59 Å². The van der Waals surface area contributed by atoms with E-state index in [0.29, 0.717) is 22.3 Å². The molecule has 0 radical (unpaired) electrons. The zero-order valence-corrected chi connectivity index (χ0v) is 15.7. The van der Waals surface area contributed by atoms with Crippen LogP contribution in [0.25, 0.3) is 0 Å². The second kappa shape index (κ2) is 8.88. The van der Waals surface area contributed by atoms with Crippen molar-refractivity contribution in [2.75, 3.05) is 11.4 Å². The molecule has 132 valence electrons. The SMILES string of the molecule is CC(=O)N(CCC(=O)NCc1ccccc1C)c1ccc(Cl)c(Cl)c1. The van der Waals surface area contributed by atoms with E-state index in [1.54, 1.807) is 18.2 Å². The molecule has 2 aromatic carbocycles. The van der Waals surface area contributed by atoms with Crippen LogP contribution in [0, 0.1) is 6.92 Å². The van der Waals surface area contributed by atoms with E-state index >= 15 is 0 Å². The molecule has 0 aliphatic rings. The molecule has 1 N–H and O–H groups in total. The van der Waals surface area contributed by atoms with Crippen molar-refractivity contribution in [1.29, 1.82) is 0 Å². The standard InChI is InChI=1S/C19H20Cl2N2O2/c1-13-5-3-4-6-15(13)12-22-19(25)9-10-23(14(2)24)16-7-8-17(20)18(21)11-16/h3-8,11H,9-10,12H2,1-2H3,(H,22,25). The number of halogens is 2. The van der Waals surface area contributed by atoms with Gasteiger partial charge in [-0.25, -0.2) is 0 Å². The summed E-state index contributed by atoms with van der Waals surface area (Å²) < 4.78 is 0. The van der Waals surface area contributed by atoms with Crippen molar-refractivity contribution in [2.45, 2.75) is 26.8 Å². The molecule has 25 heavy (non-hydrogen) atoms. The molecule has 0 saturated carbocycles. The third kappa shape index (κ3) is 5.48. The number of hydrogen-bond donors (Lipinski definition) is 1. The normalized spacial score (nSPS) is 10.4. The van der Waals surface area contributed by atoms with Gasteiger partial charge in [0, 0.05) is 32.1 Å². The lowest BCUT2D eigenvalue weighted by atomic mass is 10.1. The maximum absolute atomic E-state index is 12.1. The number of aryl methyl sites for hydroxylation is 1. The average Bonchev–Trinajstić information content (AvgIpc) is 2.57. The first-order valence-corrected chi connectivity index (χ1v) is 8.68. The highest BCUT2D eigenvalue weighted by atomic mass is 35.5. The van der Waals surface area contributed by atoms with Gasteiger partial charge in [0.2, 0.25) is 11.8 Å². The Labute approximate surface area is 157 Å². The molecule has 0 fully saturated rings. The monoisotopic (exact) mass is 378 g/mol. The van der Waals surface area contributed by atoms with Crippen LogP contribution in [-0.2, 0) is 16.1 Å². The molecule has 0 aliphatic carbocycles. The summed E-state index contributed by atoms with van der Waals surface area (Å²) in [5.41, 5.74) is 2.82. The number of benzene rings is 2. The quantitative estimate of drug-likeness (QED) is 0.811. The predicted molar refractivity (Wildman–Crippen MR) is 102 cm³/mol. The minimum atomic E-state index is -0.162. The summed E-state index contributed by atoms with van der Waals surface area (Å²) in [5, 5.41) is 3.67. The highest BCUT2D eigenvalue weighted by Gasteiger charge is 2.14. The molecule has 0 saturated heterocycles. The van der Waals surface area contributed by atoms with Gasteiger partial charge in [-0.3, -0.25) is 9.59 Å². The number of rotatable bonds is 6. The molecule has 2 aromatic rings. The first-order chi connectivity index (χ1) is 11.9. The number of carbonyl (C=O) groups is 2. The van der Waals surface area contributed by atoms with Crippen LogP contribution in [0.2, 0.25) is 10.0 Å². The van der Waals surface area contributed by atoms with Gasteiger partial charge in [0.15, 0.2) is 0 Å². The number of hydrogen-bond acceptors (Lipinski definition) is 2. The van der Waals surface area contributed by atoms with Crippen molar-refractivity contribution in [3.63, 3.8) is 0 Å². The van der Waals surface area contributed by atoms with Gasteiger partial charge >= 0.3 is 0 Å². The van der Waals surface area contributed by atoms with E-state index in [-0.39, 0.29) is 24.8 Å². The molecule has 0 aliphatic heterocycles. The van der Waals surface area contributed by atoms with Crippen LogP contribution in [0.4, 0.5) is 5.69 Å². The fourth-order valence-corrected chi connectivity index (χ4v) is 2.72. The van der Waals surface area contributed by atoms with E-state index in [1.165, 1.54) is 11.8 Å². The topological polar surface area (TPSA) is 49.4 Å². The third-order valence-corrected chi connectivity index (χ3v) is 4.63. The molecule has 2 amide bonds. The van der Waals surface area contributed by atoms with Gasteiger partial charge in [-0.2, -0.15) is 0 Å². The van der Waals surface area contributed by atoms with Crippen LogP contribution in [0.5, 0.6) is 0 Å². The Balaban J connectivity index is 1.94. The Bertz CT molecular complexity index is 778. The third-order valence-electron chi connectivity index (χ3n) is 3.89. The molecule has 0 aromatic heterocycles. The zero-order chi connectivity index (χ0) is 18.4. The lowest BCUT2D eigenvalue weighted by molar-refractivity contribution is -0.121. The molecule has 0 bridgehead atoms. The van der Waals surface area contributed by atoms with Gasteiger partial charge in [-0.1, -0.05) is 47.5 Å². The van der Waals surface area contributed by atoms with Crippen molar-refractivity contribution in [3.8, 4) is 0 Å². The molecule has 4 nitrogen and oxygen atoms in total. The smallest absolute Gasteiger partial charge is 0.223 e. The summed E-state index contributed by atoms with van der Waals surface area (Å²) >= 11 is 11.9. The van der Waals surface area contributed by atoms with Crippen molar-refractivity contribution >= 4 is 40.7 Å². The zero-order valence-electron chi connectivity index (χ0n) is 14.2. The van der Waals surface area contributed by atoms with Crippen LogP contribution in [0.3, 0.4) is 0 Å². The van der Waals surface area contributed by atoms with Crippen LogP contribution >= 0.6 is 23.2 Å². The van der Waals surface area contributed by atoms with E-state index in [0.717, 1.165) is 11.1 Å². The fraction of sp³-hybridized carbons (Fsp3) is 0.263. The van der Waals surface area contributed by atoms with Crippen LogP contribution in [0.1, 0.15) is 24.5 Å². The molecular formula is C19H20Cl2N2O2. The number of nitrogens with one attached hydrogen (secondary N) is 1. The predicted octanol–water partition coefficient (Wildman–Crippen LogP) is 4.36. The van der Waals surface area contributed by atoms with E-state index in [9.17, 15) is 9.59 Å². The Hall–Kier alpha value is -2.04. The highest BCUT2D eigenvalue weighted by Crippen LogP contribution is 2.27. The Morgan fingerprint density at radius 3 is 2.44 bits per heavy atom. The van der Waals surface area contributed by atoms with Crippen LogP contribution in [0.15, 0.2) is 42.5 Å². The van der Waals surface area contributed by atoms with Gasteiger partial charge in [0.1, 0.15) is 0 Å². The Morgan fingerprint density at radius 1 is 1.08 bits per heavy atom. The van der Waals surface area contributed by atoms with Crippen molar-refractivity contribution in [1.82, 2.24) is 5.32 Å². The molecule has 0 atom stereocenters.